The molecular weight excluding hydrogens is 354 g/mol. The maximum absolute atomic E-state index is 12.6. The molecule has 8 nitrogen and oxygen atoms in total. The third-order valence-electron chi connectivity index (χ3n) is 5.39. The zero-order valence-corrected chi connectivity index (χ0v) is 16.2. The summed E-state index contributed by atoms with van der Waals surface area (Å²) in [6.07, 6.45) is 13.3. The second-order valence-corrected chi connectivity index (χ2v) is 7.45. The predicted octanol–water partition coefficient (Wildman–Crippen LogP) is 1.60. The molecule has 0 spiro atoms. The normalized spacial score (nSPS) is 18.7. The van der Waals surface area contributed by atoms with Gasteiger partial charge in [-0.05, 0) is 25.7 Å². The van der Waals surface area contributed by atoms with E-state index in [1.807, 2.05) is 17.3 Å². The summed E-state index contributed by atoms with van der Waals surface area (Å²) >= 11 is 0. The van der Waals surface area contributed by atoms with E-state index in [-0.39, 0.29) is 5.91 Å². The van der Waals surface area contributed by atoms with Crippen LogP contribution in [0.1, 0.15) is 41.7 Å². The van der Waals surface area contributed by atoms with E-state index in [0.29, 0.717) is 12.2 Å². The lowest BCUT2D eigenvalue weighted by atomic mass is 10.1. The highest BCUT2D eigenvalue weighted by atomic mass is 16.2. The second kappa shape index (κ2) is 9.05. The first-order chi connectivity index (χ1) is 13.8. The van der Waals surface area contributed by atoms with Crippen LogP contribution in [0.5, 0.6) is 0 Å². The van der Waals surface area contributed by atoms with Crippen molar-refractivity contribution in [1.82, 2.24) is 29.7 Å². The van der Waals surface area contributed by atoms with E-state index in [4.69, 9.17) is 0 Å². The highest BCUT2D eigenvalue weighted by Crippen LogP contribution is 2.16. The van der Waals surface area contributed by atoms with Gasteiger partial charge in [0.2, 0.25) is 5.95 Å². The first-order valence-electron chi connectivity index (χ1n) is 10.1. The van der Waals surface area contributed by atoms with Gasteiger partial charge in [0.1, 0.15) is 5.69 Å². The van der Waals surface area contributed by atoms with E-state index >= 15 is 0 Å². The van der Waals surface area contributed by atoms with Gasteiger partial charge >= 0.3 is 0 Å². The number of nitrogens with zero attached hydrogens (tertiary/aromatic N) is 7. The number of rotatable bonds is 4. The van der Waals surface area contributed by atoms with Crippen molar-refractivity contribution in [2.45, 2.75) is 32.2 Å². The van der Waals surface area contributed by atoms with Gasteiger partial charge in [-0.1, -0.05) is 0 Å². The van der Waals surface area contributed by atoms with Crippen LogP contribution in [0.25, 0.3) is 0 Å². The summed E-state index contributed by atoms with van der Waals surface area (Å²) in [6.45, 7) is 6.16. The summed E-state index contributed by atoms with van der Waals surface area (Å²) < 4.78 is 0. The molecular formula is C20H27N7O. The fourth-order valence-corrected chi connectivity index (χ4v) is 3.85. The van der Waals surface area contributed by atoms with Gasteiger partial charge in [0.25, 0.3) is 5.91 Å². The summed E-state index contributed by atoms with van der Waals surface area (Å²) in [6, 6.07) is 0. The lowest BCUT2D eigenvalue weighted by molar-refractivity contribution is 0.0754. The molecule has 0 unspecified atom stereocenters. The third-order valence-corrected chi connectivity index (χ3v) is 5.39. The molecule has 8 heteroatoms. The number of hydrogen-bond acceptors (Lipinski definition) is 7. The highest BCUT2D eigenvalue weighted by molar-refractivity contribution is 5.91. The largest absolute Gasteiger partial charge is 0.341 e. The molecule has 0 saturated carbocycles. The van der Waals surface area contributed by atoms with E-state index < -0.39 is 0 Å². The van der Waals surface area contributed by atoms with Gasteiger partial charge in [-0.3, -0.25) is 14.7 Å². The molecule has 28 heavy (non-hydrogen) atoms. The lowest BCUT2D eigenvalue weighted by Crippen LogP contribution is -2.35. The molecule has 4 rings (SSSR count). The molecule has 0 aromatic carbocycles. The number of amides is 1. The van der Waals surface area contributed by atoms with E-state index in [1.165, 1.54) is 25.5 Å². The first-order valence-corrected chi connectivity index (χ1v) is 10.1. The minimum atomic E-state index is -0.0378. The Balaban J connectivity index is 1.31. The van der Waals surface area contributed by atoms with Gasteiger partial charge in [-0.2, -0.15) is 0 Å². The standard InChI is InChI=1S/C20H27N7O/c28-19(18-15-21-5-6-22-18)26-10-4-7-25(11-12-26)16-17-13-23-20(24-14-17)27-8-2-1-3-9-27/h5-6,13-15H,1-4,7-12,16H2. The van der Waals surface area contributed by atoms with E-state index in [0.717, 1.165) is 57.2 Å². The van der Waals surface area contributed by atoms with Crippen molar-refractivity contribution in [2.75, 3.05) is 44.2 Å². The molecule has 0 atom stereocenters. The topological polar surface area (TPSA) is 78.4 Å². The van der Waals surface area contributed by atoms with Gasteiger partial charge in [0.15, 0.2) is 0 Å². The lowest BCUT2D eigenvalue weighted by Gasteiger charge is -2.26. The Morgan fingerprint density at radius 3 is 2.39 bits per heavy atom. The van der Waals surface area contributed by atoms with Crippen molar-refractivity contribution in [3.63, 3.8) is 0 Å². The van der Waals surface area contributed by atoms with Gasteiger partial charge in [0.05, 0.1) is 6.20 Å². The Morgan fingerprint density at radius 2 is 1.64 bits per heavy atom. The number of anilines is 1. The number of hydrogen-bond donors (Lipinski definition) is 0. The second-order valence-electron chi connectivity index (χ2n) is 7.45. The number of carbonyl (C=O) groups is 1. The van der Waals surface area contributed by atoms with Gasteiger partial charge in [-0.25, -0.2) is 15.0 Å². The highest BCUT2D eigenvalue weighted by Gasteiger charge is 2.21. The van der Waals surface area contributed by atoms with Crippen LogP contribution < -0.4 is 4.90 Å². The zero-order valence-electron chi connectivity index (χ0n) is 16.2. The summed E-state index contributed by atoms with van der Waals surface area (Å²) in [5, 5.41) is 0. The smallest absolute Gasteiger partial charge is 0.274 e. The fourth-order valence-electron chi connectivity index (χ4n) is 3.85. The van der Waals surface area contributed by atoms with Crippen LogP contribution >= 0.6 is 0 Å². The SMILES string of the molecule is O=C(c1cnccn1)N1CCCN(Cc2cnc(N3CCCCC3)nc2)CC1. The molecule has 0 radical (unpaired) electrons. The van der Waals surface area contributed by atoms with Gasteiger partial charge < -0.3 is 9.80 Å². The summed E-state index contributed by atoms with van der Waals surface area (Å²) in [5.41, 5.74) is 1.53. The average molecular weight is 381 g/mol. The quantitative estimate of drug-likeness (QED) is 0.796. The van der Waals surface area contributed by atoms with Crippen molar-refractivity contribution in [1.29, 1.82) is 0 Å². The first kappa shape index (κ1) is 18.7. The molecule has 4 heterocycles. The average Bonchev–Trinajstić information content (AvgIpc) is 3.01. The minimum Gasteiger partial charge on any atom is -0.341 e. The minimum absolute atomic E-state index is 0.0378. The maximum atomic E-state index is 12.6. The van der Waals surface area contributed by atoms with Crippen LogP contribution in [-0.2, 0) is 6.54 Å². The molecule has 148 valence electrons. The summed E-state index contributed by atoms with van der Waals surface area (Å²) in [4.78, 5) is 36.4. The number of piperidine rings is 1. The Bertz CT molecular complexity index is 762. The molecule has 2 aliphatic rings. The Kier molecular flexibility index (Phi) is 6.06. The van der Waals surface area contributed by atoms with Crippen LogP contribution in [0.3, 0.4) is 0 Å². The van der Waals surface area contributed by atoms with Crippen LogP contribution in [-0.4, -0.2) is 74.9 Å². The monoisotopic (exact) mass is 381 g/mol. The van der Waals surface area contributed by atoms with Crippen molar-refractivity contribution in [2.24, 2.45) is 0 Å². The van der Waals surface area contributed by atoms with Gasteiger partial charge in [-0.15, -0.1) is 0 Å². The molecule has 1 amide bonds. The van der Waals surface area contributed by atoms with Crippen molar-refractivity contribution >= 4 is 11.9 Å². The zero-order chi connectivity index (χ0) is 19.2. The predicted molar refractivity (Wildman–Crippen MR) is 106 cm³/mol. The maximum Gasteiger partial charge on any atom is 0.274 e. The fraction of sp³-hybridized carbons (Fsp3) is 0.550. The van der Waals surface area contributed by atoms with E-state index in [9.17, 15) is 4.79 Å². The molecule has 0 N–H and O–H groups in total. The molecule has 2 aromatic heterocycles. The van der Waals surface area contributed by atoms with Crippen molar-refractivity contribution in [3.8, 4) is 0 Å². The van der Waals surface area contributed by atoms with E-state index in [2.05, 4.69) is 29.7 Å². The van der Waals surface area contributed by atoms with Crippen molar-refractivity contribution in [3.05, 3.63) is 42.2 Å². The van der Waals surface area contributed by atoms with E-state index in [1.54, 1.807) is 12.4 Å². The number of carbonyl (C=O) groups excluding carboxylic acids is 1. The van der Waals surface area contributed by atoms with Crippen molar-refractivity contribution < 1.29 is 4.79 Å². The van der Waals surface area contributed by atoms with Crippen LogP contribution in [0.4, 0.5) is 5.95 Å². The summed E-state index contributed by atoms with van der Waals surface area (Å²) in [7, 11) is 0. The molecule has 0 bridgehead atoms. The number of aromatic nitrogens is 4. The summed E-state index contributed by atoms with van der Waals surface area (Å²) in [5.74, 6) is 0.809. The van der Waals surface area contributed by atoms with Crippen LogP contribution in [0.2, 0.25) is 0 Å². The Morgan fingerprint density at radius 1 is 0.821 bits per heavy atom. The van der Waals surface area contributed by atoms with Crippen LogP contribution in [0.15, 0.2) is 31.0 Å². The molecule has 2 aromatic rings. The molecule has 0 aliphatic carbocycles. The third kappa shape index (κ3) is 4.62. The molecule has 2 aliphatic heterocycles. The Hall–Kier alpha value is -2.61. The molecule has 2 saturated heterocycles. The Labute approximate surface area is 165 Å². The molecule has 2 fully saturated rings. The van der Waals surface area contributed by atoms with Gasteiger partial charge in [0, 0.05) is 76.2 Å². The van der Waals surface area contributed by atoms with Crippen LogP contribution in [0, 0.1) is 0 Å².